The molecule has 0 unspecified atom stereocenters. The Kier molecular flexibility index (Phi) is 5.47. The Hall–Kier alpha value is -2.79. The summed E-state index contributed by atoms with van der Waals surface area (Å²) >= 11 is 5.27. The number of rotatable bonds is 6. The molecule has 0 spiro atoms. The van der Waals surface area contributed by atoms with Gasteiger partial charge in [0.2, 0.25) is 0 Å². The fourth-order valence-corrected chi connectivity index (χ4v) is 3.82. The molecule has 8 nitrogen and oxygen atoms in total. The standard InChI is InChI=1S/C17H17F2N3O5S/c18-8-3-7-4-9(6-27-14(7)10(19)5-8)22-11(1-2-20)13(21-17(22)28)12(15(23)24)16(25)26/h3,5,9,12H,1-2,4,6,20H2,(H,21,28)(H,23,24)(H,25,26)/t9-/m1/s1. The number of aliphatic carboxylic acids is 2. The van der Waals surface area contributed by atoms with Crippen LogP contribution < -0.4 is 10.5 Å². The summed E-state index contributed by atoms with van der Waals surface area (Å²) in [4.78, 5) is 25.6. The molecule has 3 rings (SSSR count). The average Bonchev–Trinajstić information content (AvgIpc) is 2.89. The number of nitrogens with one attached hydrogen (secondary N) is 1. The summed E-state index contributed by atoms with van der Waals surface area (Å²) in [6.45, 7) is 0.0997. The Morgan fingerprint density at radius 2 is 2.04 bits per heavy atom. The Bertz CT molecular complexity index is 989. The topological polar surface area (TPSA) is 131 Å². The number of halogens is 2. The van der Waals surface area contributed by atoms with Crippen molar-refractivity contribution in [2.45, 2.75) is 24.8 Å². The first-order valence-corrected chi connectivity index (χ1v) is 8.75. The van der Waals surface area contributed by atoms with E-state index in [-0.39, 0.29) is 42.2 Å². The van der Waals surface area contributed by atoms with Gasteiger partial charge in [0, 0.05) is 30.2 Å². The number of nitrogens with zero attached hydrogens (tertiary/aromatic N) is 1. The summed E-state index contributed by atoms with van der Waals surface area (Å²) in [5.41, 5.74) is 6.15. The fraction of sp³-hybridized carbons (Fsp3) is 0.353. The lowest BCUT2D eigenvalue weighted by molar-refractivity contribution is -0.150. The van der Waals surface area contributed by atoms with Crippen molar-refractivity contribution >= 4 is 24.2 Å². The molecule has 5 N–H and O–H groups in total. The molecule has 1 aromatic heterocycles. The Labute approximate surface area is 162 Å². The first-order valence-electron chi connectivity index (χ1n) is 8.34. The maximum absolute atomic E-state index is 13.9. The highest BCUT2D eigenvalue weighted by molar-refractivity contribution is 7.71. The van der Waals surface area contributed by atoms with Crippen LogP contribution in [0.2, 0.25) is 0 Å². The molecule has 0 saturated heterocycles. The van der Waals surface area contributed by atoms with Gasteiger partial charge in [-0.1, -0.05) is 0 Å². The van der Waals surface area contributed by atoms with E-state index in [0.717, 1.165) is 12.1 Å². The molecule has 0 bridgehead atoms. The number of fused-ring (bicyclic) bond motifs is 1. The second kappa shape index (κ2) is 7.68. The monoisotopic (exact) mass is 413 g/mol. The number of imidazole rings is 1. The van der Waals surface area contributed by atoms with Crippen LogP contribution in [0.25, 0.3) is 0 Å². The van der Waals surface area contributed by atoms with Crippen molar-refractivity contribution in [3.8, 4) is 5.75 Å². The fourth-order valence-electron chi connectivity index (χ4n) is 3.45. The molecule has 150 valence electrons. The molecule has 0 aliphatic carbocycles. The first kappa shape index (κ1) is 20.0. The van der Waals surface area contributed by atoms with Crippen molar-refractivity contribution < 1.29 is 33.3 Å². The number of carbonyl (C=O) groups is 2. The Morgan fingerprint density at radius 3 is 2.64 bits per heavy atom. The zero-order valence-corrected chi connectivity index (χ0v) is 15.3. The third-order valence-electron chi connectivity index (χ3n) is 4.55. The van der Waals surface area contributed by atoms with Crippen molar-refractivity contribution in [1.29, 1.82) is 0 Å². The Balaban J connectivity index is 2.08. The van der Waals surface area contributed by atoms with Gasteiger partial charge < -0.3 is 30.2 Å². The van der Waals surface area contributed by atoms with Crippen LogP contribution in [-0.2, 0) is 22.4 Å². The molecule has 2 aromatic rings. The third kappa shape index (κ3) is 3.50. The molecular weight excluding hydrogens is 396 g/mol. The minimum absolute atomic E-state index is 0.0104. The number of benzene rings is 1. The van der Waals surface area contributed by atoms with Crippen LogP contribution >= 0.6 is 12.2 Å². The van der Waals surface area contributed by atoms with Gasteiger partial charge in [0.25, 0.3) is 0 Å². The van der Waals surface area contributed by atoms with Gasteiger partial charge in [-0.15, -0.1) is 0 Å². The van der Waals surface area contributed by atoms with Gasteiger partial charge in [-0.3, -0.25) is 9.59 Å². The second-order valence-electron chi connectivity index (χ2n) is 6.35. The lowest BCUT2D eigenvalue weighted by atomic mass is 9.99. The molecule has 28 heavy (non-hydrogen) atoms. The van der Waals surface area contributed by atoms with E-state index in [2.05, 4.69) is 4.98 Å². The van der Waals surface area contributed by atoms with Crippen molar-refractivity contribution in [2.24, 2.45) is 5.73 Å². The maximum atomic E-state index is 13.9. The van der Waals surface area contributed by atoms with Gasteiger partial charge >= 0.3 is 11.9 Å². The molecule has 1 aromatic carbocycles. The van der Waals surface area contributed by atoms with E-state index in [0.29, 0.717) is 11.3 Å². The molecule has 0 fully saturated rings. The zero-order valence-electron chi connectivity index (χ0n) is 14.4. The summed E-state index contributed by atoms with van der Waals surface area (Å²) in [5.74, 6) is -6.57. The van der Waals surface area contributed by atoms with E-state index in [4.69, 9.17) is 22.7 Å². The van der Waals surface area contributed by atoms with E-state index in [1.165, 1.54) is 4.57 Å². The van der Waals surface area contributed by atoms with E-state index < -0.39 is 35.5 Å². The van der Waals surface area contributed by atoms with Crippen LogP contribution in [0.1, 0.15) is 28.9 Å². The number of aromatic nitrogens is 2. The minimum atomic E-state index is -1.85. The molecule has 0 saturated carbocycles. The zero-order chi connectivity index (χ0) is 20.6. The van der Waals surface area contributed by atoms with E-state index in [1.54, 1.807) is 0 Å². The molecule has 1 aliphatic heterocycles. The van der Waals surface area contributed by atoms with Crippen LogP contribution in [0.3, 0.4) is 0 Å². The highest BCUT2D eigenvalue weighted by Crippen LogP contribution is 2.34. The summed E-state index contributed by atoms with van der Waals surface area (Å²) < 4.78 is 34.5. The molecular formula is C17H17F2N3O5S. The van der Waals surface area contributed by atoms with Crippen molar-refractivity contribution in [1.82, 2.24) is 9.55 Å². The van der Waals surface area contributed by atoms with Gasteiger partial charge in [-0.25, -0.2) is 8.78 Å². The van der Waals surface area contributed by atoms with Crippen molar-refractivity contribution in [3.63, 3.8) is 0 Å². The van der Waals surface area contributed by atoms with E-state index in [1.807, 2.05) is 0 Å². The highest BCUT2D eigenvalue weighted by atomic mass is 32.1. The first-order chi connectivity index (χ1) is 13.2. The van der Waals surface area contributed by atoms with Crippen molar-refractivity contribution in [3.05, 3.63) is 45.5 Å². The summed E-state index contributed by atoms with van der Waals surface area (Å²) in [6, 6.07) is 1.36. The van der Waals surface area contributed by atoms with Crippen LogP contribution in [0, 0.1) is 16.4 Å². The minimum Gasteiger partial charge on any atom is -0.488 e. The Morgan fingerprint density at radius 1 is 1.36 bits per heavy atom. The van der Waals surface area contributed by atoms with Gasteiger partial charge in [-0.2, -0.15) is 0 Å². The number of hydrogen-bond donors (Lipinski definition) is 4. The molecule has 2 heterocycles. The quantitative estimate of drug-likeness (QED) is 0.419. The summed E-state index contributed by atoms with van der Waals surface area (Å²) in [7, 11) is 0. The number of carboxylic acid groups (broad SMARTS) is 2. The summed E-state index contributed by atoms with van der Waals surface area (Å²) in [5, 5.41) is 18.6. The van der Waals surface area contributed by atoms with Crippen LogP contribution in [0.4, 0.5) is 8.78 Å². The average molecular weight is 413 g/mol. The normalized spacial score (nSPS) is 15.9. The predicted octanol–water partition coefficient (Wildman–Crippen LogP) is 1.75. The largest absolute Gasteiger partial charge is 0.488 e. The highest BCUT2D eigenvalue weighted by Gasteiger charge is 2.35. The number of nitrogens with two attached hydrogens (primary N) is 1. The van der Waals surface area contributed by atoms with Crippen LogP contribution in [-0.4, -0.2) is 44.9 Å². The summed E-state index contributed by atoms with van der Waals surface area (Å²) in [6.07, 6.45) is 0.318. The second-order valence-corrected chi connectivity index (χ2v) is 6.74. The third-order valence-corrected chi connectivity index (χ3v) is 4.85. The predicted molar refractivity (Wildman–Crippen MR) is 95.0 cm³/mol. The van der Waals surface area contributed by atoms with Gasteiger partial charge in [0.05, 0.1) is 11.7 Å². The number of aromatic amines is 1. The van der Waals surface area contributed by atoms with Gasteiger partial charge in [0.1, 0.15) is 12.4 Å². The molecule has 0 amide bonds. The van der Waals surface area contributed by atoms with Crippen molar-refractivity contribution in [2.75, 3.05) is 13.2 Å². The number of carboxylic acids is 2. The van der Waals surface area contributed by atoms with Gasteiger partial charge in [-0.05, 0) is 24.8 Å². The lowest BCUT2D eigenvalue weighted by Gasteiger charge is -2.28. The number of ether oxygens (including phenoxy) is 1. The van der Waals surface area contributed by atoms with E-state index in [9.17, 15) is 28.6 Å². The van der Waals surface area contributed by atoms with E-state index >= 15 is 0 Å². The SMILES string of the molecule is NCCc1c(C(C(=O)O)C(=O)O)[nH]c(=S)n1[C@H]1COc2c(F)cc(F)cc2C1. The number of H-pyrrole nitrogens is 1. The number of hydrogen-bond acceptors (Lipinski definition) is 5. The van der Waals surface area contributed by atoms with Crippen LogP contribution in [0.5, 0.6) is 5.75 Å². The maximum Gasteiger partial charge on any atom is 0.324 e. The smallest absolute Gasteiger partial charge is 0.324 e. The molecule has 11 heteroatoms. The molecule has 0 radical (unpaired) electrons. The molecule has 1 atom stereocenters. The van der Waals surface area contributed by atoms with Crippen LogP contribution in [0.15, 0.2) is 12.1 Å². The lowest BCUT2D eigenvalue weighted by Crippen LogP contribution is -2.28. The molecule has 1 aliphatic rings. The van der Waals surface area contributed by atoms with Gasteiger partial charge in [0.15, 0.2) is 22.3 Å².